The molecule has 1 heterocycles. The molecule has 0 radical (unpaired) electrons. The Balaban J connectivity index is 2.52. The summed E-state index contributed by atoms with van der Waals surface area (Å²) in [5.74, 6) is -0.473. The van der Waals surface area contributed by atoms with Crippen molar-refractivity contribution in [1.82, 2.24) is 10.2 Å². The van der Waals surface area contributed by atoms with Crippen LogP contribution in [-0.2, 0) is 14.3 Å². The van der Waals surface area contributed by atoms with Gasteiger partial charge >= 0.3 is 0 Å². The van der Waals surface area contributed by atoms with Crippen molar-refractivity contribution in [2.45, 2.75) is 38.0 Å². The van der Waals surface area contributed by atoms with Gasteiger partial charge in [0.25, 0.3) is 5.91 Å². The fourth-order valence-electron chi connectivity index (χ4n) is 1.96. The molecule has 0 aromatic rings. The maximum absolute atomic E-state index is 11.1. The standard InChI is InChI=1S/C12H20N2O4/c1-3-12(8-15)6-4-11(18-12)14(2)7-5-10(17)13-9-16/h5,7,9,11,15H,3-4,6,8H2,1-2H3,(H,13,16,17)/b7-5-. The van der Waals surface area contributed by atoms with Crippen LogP contribution in [0.25, 0.3) is 0 Å². The van der Waals surface area contributed by atoms with E-state index in [9.17, 15) is 14.7 Å². The first kappa shape index (κ1) is 14.7. The lowest BCUT2D eigenvalue weighted by atomic mass is 9.98. The number of nitrogens with zero attached hydrogens (tertiary/aromatic N) is 1. The minimum Gasteiger partial charge on any atom is -0.393 e. The quantitative estimate of drug-likeness (QED) is 0.516. The number of aliphatic hydroxyl groups excluding tert-OH is 1. The van der Waals surface area contributed by atoms with E-state index >= 15 is 0 Å². The van der Waals surface area contributed by atoms with E-state index in [1.54, 1.807) is 18.1 Å². The van der Waals surface area contributed by atoms with Crippen LogP contribution in [0.2, 0.25) is 0 Å². The number of rotatable bonds is 6. The highest BCUT2D eigenvalue weighted by Gasteiger charge is 2.39. The smallest absolute Gasteiger partial charge is 0.251 e. The zero-order chi connectivity index (χ0) is 13.6. The Hall–Kier alpha value is -1.40. The minimum atomic E-state index is -0.473. The van der Waals surface area contributed by atoms with Crippen LogP contribution < -0.4 is 5.32 Å². The molecular weight excluding hydrogens is 236 g/mol. The Kier molecular flexibility index (Phi) is 5.30. The number of aliphatic hydroxyl groups is 1. The Morgan fingerprint density at radius 1 is 1.67 bits per heavy atom. The van der Waals surface area contributed by atoms with Crippen LogP contribution in [0, 0.1) is 0 Å². The van der Waals surface area contributed by atoms with E-state index in [1.165, 1.54) is 6.08 Å². The topological polar surface area (TPSA) is 78.9 Å². The average molecular weight is 256 g/mol. The van der Waals surface area contributed by atoms with Gasteiger partial charge in [-0.2, -0.15) is 0 Å². The minimum absolute atomic E-state index is 0.00316. The van der Waals surface area contributed by atoms with Gasteiger partial charge in [-0.05, 0) is 19.3 Å². The molecule has 1 saturated heterocycles. The van der Waals surface area contributed by atoms with Crippen molar-refractivity contribution in [3.8, 4) is 0 Å². The van der Waals surface area contributed by atoms with Gasteiger partial charge in [-0.1, -0.05) is 6.92 Å². The number of ether oxygens (including phenoxy) is 1. The molecule has 102 valence electrons. The molecule has 6 heteroatoms. The van der Waals surface area contributed by atoms with Gasteiger partial charge in [-0.15, -0.1) is 0 Å². The molecule has 18 heavy (non-hydrogen) atoms. The van der Waals surface area contributed by atoms with E-state index in [0.717, 1.165) is 19.3 Å². The predicted octanol–water partition coefficient (Wildman–Crippen LogP) is -0.0179. The van der Waals surface area contributed by atoms with E-state index in [0.29, 0.717) is 6.41 Å². The van der Waals surface area contributed by atoms with Crippen molar-refractivity contribution < 1.29 is 19.4 Å². The number of hydrogen-bond acceptors (Lipinski definition) is 5. The molecule has 2 amide bonds. The summed E-state index contributed by atoms with van der Waals surface area (Å²) in [5.41, 5.74) is -0.460. The molecule has 2 atom stereocenters. The van der Waals surface area contributed by atoms with Crippen LogP contribution in [0.4, 0.5) is 0 Å². The third kappa shape index (κ3) is 3.54. The van der Waals surface area contributed by atoms with Gasteiger partial charge < -0.3 is 14.7 Å². The highest BCUT2D eigenvalue weighted by Crippen LogP contribution is 2.33. The van der Waals surface area contributed by atoms with Crippen molar-refractivity contribution in [3.63, 3.8) is 0 Å². The van der Waals surface area contributed by atoms with E-state index in [4.69, 9.17) is 4.74 Å². The highest BCUT2D eigenvalue weighted by molar-refractivity contribution is 5.94. The number of hydrogen-bond donors (Lipinski definition) is 2. The maximum atomic E-state index is 11.1. The molecule has 0 aromatic carbocycles. The summed E-state index contributed by atoms with van der Waals surface area (Å²) in [4.78, 5) is 22.9. The molecule has 0 aliphatic carbocycles. The Bertz CT molecular complexity index is 326. The lowest BCUT2D eigenvalue weighted by molar-refractivity contribution is -0.122. The number of amides is 2. The van der Waals surface area contributed by atoms with E-state index in [1.807, 2.05) is 12.2 Å². The fourth-order valence-corrected chi connectivity index (χ4v) is 1.96. The van der Waals surface area contributed by atoms with E-state index in [2.05, 4.69) is 0 Å². The summed E-state index contributed by atoms with van der Waals surface area (Å²) < 4.78 is 5.82. The Morgan fingerprint density at radius 2 is 2.39 bits per heavy atom. The lowest BCUT2D eigenvalue weighted by Crippen LogP contribution is -2.36. The zero-order valence-electron chi connectivity index (χ0n) is 10.8. The summed E-state index contributed by atoms with van der Waals surface area (Å²) in [6.45, 7) is 1.98. The highest BCUT2D eigenvalue weighted by atomic mass is 16.5. The monoisotopic (exact) mass is 256 g/mol. The van der Waals surface area contributed by atoms with E-state index in [-0.39, 0.29) is 12.8 Å². The second-order valence-electron chi connectivity index (χ2n) is 4.41. The molecule has 1 fully saturated rings. The molecule has 0 spiro atoms. The molecule has 6 nitrogen and oxygen atoms in total. The first-order valence-corrected chi connectivity index (χ1v) is 6.00. The van der Waals surface area contributed by atoms with Gasteiger partial charge in [0.15, 0.2) is 0 Å². The largest absolute Gasteiger partial charge is 0.393 e. The van der Waals surface area contributed by atoms with Gasteiger partial charge in [-0.25, -0.2) is 0 Å². The third-order valence-electron chi connectivity index (χ3n) is 3.28. The number of imide groups is 1. The summed E-state index contributed by atoms with van der Waals surface area (Å²) in [7, 11) is 1.79. The molecule has 1 aliphatic rings. The van der Waals surface area contributed by atoms with Crippen molar-refractivity contribution in [2.24, 2.45) is 0 Å². The lowest BCUT2D eigenvalue weighted by Gasteiger charge is -2.28. The van der Waals surface area contributed by atoms with Crippen molar-refractivity contribution in [3.05, 3.63) is 12.3 Å². The second kappa shape index (κ2) is 6.51. The molecule has 0 saturated carbocycles. The molecule has 1 aliphatic heterocycles. The molecule has 0 bridgehead atoms. The maximum Gasteiger partial charge on any atom is 0.251 e. The molecule has 2 N–H and O–H groups in total. The predicted molar refractivity (Wildman–Crippen MR) is 65.3 cm³/mol. The Morgan fingerprint density at radius 3 is 2.89 bits per heavy atom. The van der Waals surface area contributed by atoms with Gasteiger partial charge in [0.1, 0.15) is 6.23 Å². The summed E-state index contributed by atoms with van der Waals surface area (Å²) in [6.07, 6.45) is 5.36. The SMILES string of the molecule is CCC1(CO)CCC(N(C)/C=C\C(=O)NC=O)O1. The van der Waals surface area contributed by atoms with Crippen LogP contribution in [0.3, 0.4) is 0 Å². The van der Waals surface area contributed by atoms with Crippen molar-refractivity contribution in [1.29, 1.82) is 0 Å². The average Bonchev–Trinajstić information content (AvgIpc) is 2.81. The van der Waals surface area contributed by atoms with Crippen LogP contribution in [0.1, 0.15) is 26.2 Å². The molecule has 0 aromatic heterocycles. The number of carbonyl (C=O) groups excluding carboxylic acids is 2. The van der Waals surface area contributed by atoms with Gasteiger partial charge in [0, 0.05) is 19.3 Å². The molecular formula is C12H20N2O4. The Labute approximate surface area is 107 Å². The van der Waals surface area contributed by atoms with Crippen LogP contribution in [-0.4, -0.2) is 47.8 Å². The van der Waals surface area contributed by atoms with Crippen LogP contribution >= 0.6 is 0 Å². The second-order valence-corrected chi connectivity index (χ2v) is 4.41. The third-order valence-corrected chi connectivity index (χ3v) is 3.28. The number of carbonyl (C=O) groups is 2. The van der Waals surface area contributed by atoms with E-state index < -0.39 is 11.5 Å². The fraction of sp³-hybridized carbons (Fsp3) is 0.667. The van der Waals surface area contributed by atoms with Crippen molar-refractivity contribution in [2.75, 3.05) is 13.7 Å². The van der Waals surface area contributed by atoms with Crippen LogP contribution in [0.5, 0.6) is 0 Å². The van der Waals surface area contributed by atoms with Crippen LogP contribution in [0.15, 0.2) is 12.3 Å². The van der Waals surface area contributed by atoms with Gasteiger partial charge in [0.05, 0.1) is 12.2 Å². The van der Waals surface area contributed by atoms with Gasteiger partial charge in [-0.3, -0.25) is 14.9 Å². The number of nitrogens with one attached hydrogen (secondary N) is 1. The first-order chi connectivity index (χ1) is 8.56. The molecule has 1 rings (SSSR count). The molecule has 2 unspecified atom stereocenters. The normalized spacial score (nSPS) is 27.4. The summed E-state index contributed by atoms with van der Waals surface area (Å²) >= 11 is 0. The summed E-state index contributed by atoms with van der Waals surface area (Å²) in [5, 5.41) is 11.4. The first-order valence-electron chi connectivity index (χ1n) is 6.00. The van der Waals surface area contributed by atoms with Crippen molar-refractivity contribution >= 4 is 12.3 Å². The van der Waals surface area contributed by atoms with Gasteiger partial charge in [0.2, 0.25) is 6.41 Å². The summed E-state index contributed by atoms with van der Waals surface area (Å²) in [6, 6.07) is 0. The zero-order valence-corrected chi connectivity index (χ0v) is 10.8.